The number of aryl methyl sites for hydroxylation is 1. The van der Waals surface area contributed by atoms with E-state index in [9.17, 15) is 9.59 Å². The van der Waals surface area contributed by atoms with Gasteiger partial charge in [0.05, 0.1) is 13.2 Å². The first-order chi connectivity index (χ1) is 13.0. The highest BCUT2D eigenvalue weighted by Gasteiger charge is 2.16. The Kier molecular flexibility index (Phi) is 5.96. The van der Waals surface area contributed by atoms with Crippen LogP contribution in [0.5, 0.6) is 17.2 Å². The first-order valence-corrected chi connectivity index (χ1v) is 8.82. The SMILES string of the molecule is Cc1cccc(OCC(=O)OCC(=O)c2ccc3c(c2)OCCCO3)c1C. The van der Waals surface area contributed by atoms with Crippen LogP contribution in [0.3, 0.4) is 0 Å². The molecule has 0 amide bonds. The van der Waals surface area contributed by atoms with Gasteiger partial charge in [-0.15, -0.1) is 0 Å². The minimum atomic E-state index is -0.599. The highest BCUT2D eigenvalue weighted by molar-refractivity contribution is 5.98. The number of hydrogen-bond donors (Lipinski definition) is 0. The van der Waals surface area contributed by atoms with Crippen molar-refractivity contribution in [2.24, 2.45) is 0 Å². The molecule has 1 aliphatic heterocycles. The van der Waals surface area contributed by atoms with E-state index in [4.69, 9.17) is 18.9 Å². The predicted octanol–water partition coefficient (Wildman–Crippen LogP) is 3.27. The van der Waals surface area contributed by atoms with Crippen molar-refractivity contribution in [3.8, 4) is 17.2 Å². The average molecular weight is 370 g/mol. The Morgan fingerprint density at radius 3 is 2.59 bits per heavy atom. The second kappa shape index (κ2) is 8.58. The van der Waals surface area contributed by atoms with Crippen LogP contribution in [-0.2, 0) is 9.53 Å². The first kappa shape index (κ1) is 18.8. The lowest BCUT2D eigenvalue weighted by atomic mass is 10.1. The Balaban J connectivity index is 1.52. The predicted molar refractivity (Wildman–Crippen MR) is 98.7 cm³/mol. The zero-order valence-corrected chi connectivity index (χ0v) is 15.4. The summed E-state index contributed by atoms with van der Waals surface area (Å²) in [6.45, 7) is 4.40. The van der Waals surface area contributed by atoms with E-state index < -0.39 is 5.97 Å². The Hall–Kier alpha value is -3.02. The van der Waals surface area contributed by atoms with Crippen LogP contribution in [0, 0.1) is 13.8 Å². The van der Waals surface area contributed by atoms with Gasteiger partial charge in [-0.3, -0.25) is 4.79 Å². The van der Waals surface area contributed by atoms with Crippen molar-refractivity contribution in [1.82, 2.24) is 0 Å². The molecule has 1 aliphatic rings. The highest BCUT2D eigenvalue weighted by Crippen LogP contribution is 2.30. The Morgan fingerprint density at radius 2 is 1.78 bits per heavy atom. The lowest BCUT2D eigenvalue weighted by molar-refractivity contribution is -0.144. The summed E-state index contributed by atoms with van der Waals surface area (Å²) < 4.78 is 21.6. The van der Waals surface area contributed by atoms with Gasteiger partial charge in [0.2, 0.25) is 0 Å². The van der Waals surface area contributed by atoms with Crippen molar-refractivity contribution in [3.63, 3.8) is 0 Å². The number of benzene rings is 2. The minimum Gasteiger partial charge on any atom is -0.490 e. The summed E-state index contributed by atoms with van der Waals surface area (Å²) in [6.07, 6.45) is 0.788. The number of fused-ring (bicyclic) bond motifs is 1. The standard InChI is InChI=1S/C21H22O6/c1-14-5-3-6-18(15(14)2)26-13-21(23)27-12-17(22)16-7-8-19-20(11-16)25-10-4-9-24-19/h3,5-8,11H,4,9-10,12-13H2,1-2H3. The van der Waals surface area contributed by atoms with Gasteiger partial charge in [0.1, 0.15) is 5.75 Å². The molecule has 2 aromatic rings. The van der Waals surface area contributed by atoms with Crippen molar-refractivity contribution in [2.75, 3.05) is 26.4 Å². The highest BCUT2D eigenvalue weighted by atomic mass is 16.6. The molecule has 0 bridgehead atoms. The van der Waals surface area contributed by atoms with E-state index in [2.05, 4.69) is 0 Å². The summed E-state index contributed by atoms with van der Waals surface area (Å²) in [4.78, 5) is 24.2. The Morgan fingerprint density at radius 1 is 1.00 bits per heavy atom. The van der Waals surface area contributed by atoms with Gasteiger partial charge in [-0.05, 0) is 49.2 Å². The Labute approximate surface area is 158 Å². The molecule has 0 radical (unpaired) electrons. The number of ketones is 1. The van der Waals surface area contributed by atoms with E-state index in [1.54, 1.807) is 24.3 Å². The monoisotopic (exact) mass is 370 g/mol. The molecule has 0 saturated carbocycles. The topological polar surface area (TPSA) is 71.1 Å². The number of carbonyl (C=O) groups excluding carboxylic acids is 2. The van der Waals surface area contributed by atoms with Gasteiger partial charge in [-0.25, -0.2) is 4.79 Å². The summed E-state index contributed by atoms with van der Waals surface area (Å²) in [6, 6.07) is 10.6. The van der Waals surface area contributed by atoms with E-state index in [-0.39, 0.29) is 19.0 Å². The van der Waals surface area contributed by atoms with Gasteiger partial charge in [0, 0.05) is 12.0 Å². The number of ether oxygens (including phenoxy) is 4. The van der Waals surface area contributed by atoms with E-state index in [1.807, 2.05) is 26.0 Å². The van der Waals surface area contributed by atoms with Crippen LogP contribution in [0.15, 0.2) is 36.4 Å². The van der Waals surface area contributed by atoms with Gasteiger partial charge in [-0.1, -0.05) is 12.1 Å². The van der Waals surface area contributed by atoms with Gasteiger partial charge < -0.3 is 18.9 Å². The van der Waals surface area contributed by atoms with Crippen LogP contribution in [0.25, 0.3) is 0 Å². The number of rotatable bonds is 6. The quantitative estimate of drug-likeness (QED) is 0.574. The van der Waals surface area contributed by atoms with Gasteiger partial charge in [0.25, 0.3) is 0 Å². The maximum absolute atomic E-state index is 12.3. The van der Waals surface area contributed by atoms with Crippen molar-refractivity contribution in [3.05, 3.63) is 53.1 Å². The fourth-order valence-electron chi connectivity index (χ4n) is 2.62. The smallest absolute Gasteiger partial charge is 0.344 e. The summed E-state index contributed by atoms with van der Waals surface area (Å²) in [5.41, 5.74) is 2.45. The molecule has 142 valence electrons. The molecule has 0 aromatic heterocycles. The molecule has 0 atom stereocenters. The fraction of sp³-hybridized carbons (Fsp3) is 0.333. The lowest BCUT2D eigenvalue weighted by Crippen LogP contribution is -2.19. The molecule has 0 saturated heterocycles. The molecule has 1 heterocycles. The normalized spacial score (nSPS) is 12.8. The molecular formula is C21H22O6. The minimum absolute atomic E-state index is 0.251. The van der Waals surface area contributed by atoms with Crippen LogP contribution in [0.4, 0.5) is 0 Å². The van der Waals surface area contributed by atoms with Crippen molar-refractivity contribution >= 4 is 11.8 Å². The third-order valence-corrected chi connectivity index (χ3v) is 4.33. The lowest BCUT2D eigenvalue weighted by Gasteiger charge is -2.11. The number of carbonyl (C=O) groups is 2. The van der Waals surface area contributed by atoms with E-state index in [0.717, 1.165) is 17.5 Å². The fourth-order valence-corrected chi connectivity index (χ4v) is 2.62. The third kappa shape index (κ3) is 4.78. The zero-order chi connectivity index (χ0) is 19.2. The van der Waals surface area contributed by atoms with Gasteiger partial charge in [-0.2, -0.15) is 0 Å². The number of esters is 1. The maximum Gasteiger partial charge on any atom is 0.344 e. The van der Waals surface area contributed by atoms with E-state index in [1.165, 1.54) is 0 Å². The van der Waals surface area contributed by atoms with Crippen molar-refractivity contribution in [1.29, 1.82) is 0 Å². The average Bonchev–Trinajstić information content (AvgIpc) is 2.92. The molecule has 3 rings (SSSR count). The Bertz CT molecular complexity index is 843. The molecule has 27 heavy (non-hydrogen) atoms. The van der Waals surface area contributed by atoms with Crippen LogP contribution in [0.1, 0.15) is 27.9 Å². The second-order valence-corrected chi connectivity index (χ2v) is 6.28. The molecule has 6 nitrogen and oxygen atoms in total. The largest absolute Gasteiger partial charge is 0.490 e. The molecule has 0 N–H and O–H groups in total. The molecule has 2 aromatic carbocycles. The molecule has 0 aliphatic carbocycles. The summed E-state index contributed by atoms with van der Waals surface area (Å²) in [5, 5.41) is 0. The van der Waals surface area contributed by atoms with Crippen LogP contribution in [-0.4, -0.2) is 38.2 Å². The van der Waals surface area contributed by atoms with E-state index in [0.29, 0.717) is 36.0 Å². The molecule has 0 spiro atoms. The summed E-state index contributed by atoms with van der Waals surface area (Å²) >= 11 is 0. The first-order valence-electron chi connectivity index (χ1n) is 8.82. The van der Waals surface area contributed by atoms with E-state index >= 15 is 0 Å². The van der Waals surface area contributed by atoms with Crippen LogP contribution >= 0.6 is 0 Å². The zero-order valence-electron chi connectivity index (χ0n) is 15.4. The molecular weight excluding hydrogens is 348 g/mol. The number of Topliss-reactive ketones (excluding diaryl/α,β-unsaturated/α-hetero) is 1. The van der Waals surface area contributed by atoms with Crippen LogP contribution in [0.2, 0.25) is 0 Å². The summed E-state index contributed by atoms with van der Waals surface area (Å²) in [7, 11) is 0. The van der Waals surface area contributed by atoms with Gasteiger partial charge >= 0.3 is 5.97 Å². The van der Waals surface area contributed by atoms with Gasteiger partial charge in [0.15, 0.2) is 30.5 Å². The second-order valence-electron chi connectivity index (χ2n) is 6.28. The molecule has 0 unspecified atom stereocenters. The molecule has 0 fully saturated rings. The molecule has 6 heteroatoms. The maximum atomic E-state index is 12.3. The van der Waals surface area contributed by atoms with Crippen molar-refractivity contribution in [2.45, 2.75) is 20.3 Å². The third-order valence-electron chi connectivity index (χ3n) is 4.33. The number of hydrogen-bond acceptors (Lipinski definition) is 6. The van der Waals surface area contributed by atoms with Crippen molar-refractivity contribution < 1.29 is 28.5 Å². The van der Waals surface area contributed by atoms with Crippen LogP contribution < -0.4 is 14.2 Å². The summed E-state index contributed by atoms with van der Waals surface area (Å²) in [5.74, 6) is 0.858.